The van der Waals surface area contributed by atoms with Gasteiger partial charge >= 0.3 is 5.97 Å². The molecule has 2 heterocycles. The Balaban J connectivity index is 1.77. The number of carboxylic acid groups (broad SMARTS) is 1. The molecular weight excluding hydrogens is 272 g/mol. The largest absolute Gasteiger partial charge is 0.477 e. The molecule has 0 radical (unpaired) electrons. The maximum absolute atomic E-state index is 11.0. The molecule has 1 aromatic heterocycles. The molecule has 1 aliphatic heterocycles. The maximum Gasteiger partial charge on any atom is 0.345 e. The Bertz CT molecular complexity index is 630. The number of nitrogens with zero attached hydrogens (tertiary/aromatic N) is 2. The van der Waals surface area contributed by atoms with Gasteiger partial charge in [0.05, 0.1) is 0 Å². The van der Waals surface area contributed by atoms with Crippen LogP contribution in [0.25, 0.3) is 10.1 Å². The maximum atomic E-state index is 11.0. The van der Waals surface area contributed by atoms with E-state index in [0.29, 0.717) is 4.88 Å². The molecule has 0 spiro atoms. The fourth-order valence-corrected chi connectivity index (χ4v) is 3.51. The highest BCUT2D eigenvalue weighted by Crippen LogP contribution is 2.27. The molecule has 0 aliphatic carbocycles. The van der Waals surface area contributed by atoms with E-state index in [1.54, 1.807) is 6.07 Å². The number of likely N-dealkylation sites (N-methyl/N-ethyl adjacent to an activating group) is 1. The number of piperazine rings is 1. The fourth-order valence-electron chi connectivity index (χ4n) is 2.54. The first-order valence-corrected chi connectivity index (χ1v) is 7.60. The quantitative estimate of drug-likeness (QED) is 0.942. The van der Waals surface area contributed by atoms with Crippen molar-refractivity contribution in [1.82, 2.24) is 9.80 Å². The van der Waals surface area contributed by atoms with Crippen molar-refractivity contribution in [3.8, 4) is 0 Å². The summed E-state index contributed by atoms with van der Waals surface area (Å²) in [6.07, 6.45) is 0. The van der Waals surface area contributed by atoms with Crippen molar-refractivity contribution in [2.75, 3.05) is 33.2 Å². The lowest BCUT2D eigenvalue weighted by Crippen LogP contribution is -2.43. The molecular formula is C15H18N2O2S. The SMILES string of the molecule is CN1CCN(Cc2ccc3cc(C(=O)O)sc3c2)CC1. The highest BCUT2D eigenvalue weighted by atomic mass is 32.1. The van der Waals surface area contributed by atoms with Crippen molar-refractivity contribution in [3.63, 3.8) is 0 Å². The van der Waals surface area contributed by atoms with Crippen LogP contribution >= 0.6 is 11.3 Å². The Kier molecular flexibility index (Phi) is 3.74. The lowest BCUT2D eigenvalue weighted by Gasteiger charge is -2.32. The van der Waals surface area contributed by atoms with Gasteiger partial charge in [0.15, 0.2) is 0 Å². The van der Waals surface area contributed by atoms with E-state index in [1.165, 1.54) is 16.9 Å². The summed E-state index contributed by atoms with van der Waals surface area (Å²) in [4.78, 5) is 16.2. The molecule has 0 atom stereocenters. The number of thiophene rings is 1. The van der Waals surface area contributed by atoms with E-state index in [9.17, 15) is 4.79 Å². The number of aromatic carboxylic acids is 1. The average Bonchev–Trinajstić information content (AvgIpc) is 2.85. The molecule has 5 heteroatoms. The Morgan fingerprint density at radius 2 is 2.00 bits per heavy atom. The van der Waals surface area contributed by atoms with Crippen molar-refractivity contribution < 1.29 is 9.90 Å². The first-order chi connectivity index (χ1) is 9.61. The first kappa shape index (κ1) is 13.5. The van der Waals surface area contributed by atoms with Crippen LogP contribution in [0.4, 0.5) is 0 Å². The second-order valence-corrected chi connectivity index (χ2v) is 6.45. The van der Waals surface area contributed by atoms with Crippen LogP contribution in [0.15, 0.2) is 24.3 Å². The minimum atomic E-state index is -0.841. The van der Waals surface area contributed by atoms with Gasteiger partial charge in [-0.05, 0) is 30.1 Å². The van der Waals surface area contributed by atoms with E-state index < -0.39 is 5.97 Å². The zero-order chi connectivity index (χ0) is 14.1. The van der Waals surface area contributed by atoms with Crippen molar-refractivity contribution in [1.29, 1.82) is 0 Å². The van der Waals surface area contributed by atoms with Gasteiger partial charge in [0.1, 0.15) is 4.88 Å². The van der Waals surface area contributed by atoms with E-state index in [-0.39, 0.29) is 0 Å². The zero-order valence-corrected chi connectivity index (χ0v) is 12.3. The average molecular weight is 290 g/mol. The molecule has 0 amide bonds. The van der Waals surface area contributed by atoms with E-state index >= 15 is 0 Å². The summed E-state index contributed by atoms with van der Waals surface area (Å²) in [5, 5.41) is 10.1. The van der Waals surface area contributed by atoms with E-state index in [4.69, 9.17) is 5.11 Å². The van der Waals surface area contributed by atoms with E-state index in [1.807, 2.05) is 6.07 Å². The Labute approximate surface area is 122 Å². The predicted molar refractivity (Wildman–Crippen MR) is 81.6 cm³/mol. The Morgan fingerprint density at radius 1 is 1.25 bits per heavy atom. The van der Waals surface area contributed by atoms with Crippen LogP contribution in [0.1, 0.15) is 15.2 Å². The zero-order valence-electron chi connectivity index (χ0n) is 11.5. The Morgan fingerprint density at radius 3 is 2.70 bits per heavy atom. The fraction of sp³-hybridized carbons (Fsp3) is 0.400. The van der Waals surface area contributed by atoms with Crippen LogP contribution in [-0.4, -0.2) is 54.1 Å². The van der Waals surface area contributed by atoms with Gasteiger partial charge in [-0.3, -0.25) is 4.90 Å². The molecule has 0 saturated carbocycles. The third-order valence-electron chi connectivity index (χ3n) is 3.80. The molecule has 1 saturated heterocycles. The molecule has 20 heavy (non-hydrogen) atoms. The highest BCUT2D eigenvalue weighted by molar-refractivity contribution is 7.20. The summed E-state index contributed by atoms with van der Waals surface area (Å²) in [5.41, 5.74) is 1.26. The first-order valence-electron chi connectivity index (χ1n) is 6.78. The molecule has 1 aromatic carbocycles. The van der Waals surface area contributed by atoms with Crippen molar-refractivity contribution in [2.24, 2.45) is 0 Å². The molecule has 2 aromatic rings. The second kappa shape index (κ2) is 5.52. The molecule has 1 aliphatic rings. The Hall–Kier alpha value is -1.43. The molecule has 0 unspecified atom stereocenters. The second-order valence-electron chi connectivity index (χ2n) is 5.37. The number of hydrogen-bond acceptors (Lipinski definition) is 4. The molecule has 4 nitrogen and oxygen atoms in total. The lowest BCUT2D eigenvalue weighted by atomic mass is 10.1. The summed E-state index contributed by atoms with van der Waals surface area (Å²) >= 11 is 1.36. The van der Waals surface area contributed by atoms with Gasteiger partial charge in [0.2, 0.25) is 0 Å². The van der Waals surface area contributed by atoms with Gasteiger partial charge in [-0.15, -0.1) is 11.3 Å². The van der Waals surface area contributed by atoms with Crippen molar-refractivity contribution in [3.05, 3.63) is 34.7 Å². The molecule has 3 rings (SSSR count). The highest BCUT2D eigenvalue weighted by Gasteiger charge is 2.14. The van der Waals surface area contributed by atoms with Crippen LogP contribution in [0.2, 0.25) is 0 Å². The van der Waals surface area contributed by atoms with Gasteiger partial charge in [-0.25, -0.2) is 4.79 Å². The van der Waals surface area contributed by atoms with E-state index in [0.717, 1.165) is 42.8 Å². The minimum Gasteiger partial charge on any atom is -0.477 e. The normalized spacial score (nSPS) is 17.6. The molecule has 1 fully saturated rings. The number of rotatable bonds is 3. The molecule has 1 N–H and O–H groups in total. The van der Waals surface area contributed by atoms with Gasteiger partial charge in [-0.1, -0.05) is 12.1 Å². The topological polar surface area (TPSA) is 43.8 Å². The third-order valence-corrected chi connectivity index (χ3v) is 4.88. The summed E-state index contributed by atoms with van der Waals surface area (Å²) in [7, 11) is 2.16. The van der Waals surface area contributed by atoms with Crippen LogP contribution in [-0.2, 0) is 6.54 Å². The summed E-state index contributed by atoms with van der Waals surface area (Å²) in [6, 6.07) is 8.02. The van der Waals surface area contributed by atoms with Crippen LogP contribution < -0.4 is 0 Å². The number of benzene rings is 1. The summed E-state index contributed by atoms with van der Waals surface area (Å²) < 4.78 is 1.06. The van der Waals surface area contributed by atoms with Gasteiger partial charge < -0.3 is 10.0 Å². The van der Waals surface area contributed by atoms with Gasteiger partial charge in [0.25, 0.3) is 0 Å². The van der Waals surface area contributed by atoms with Crippen molar-refractivity contribution >= 4 is 27.4 Å². The summed E-state index contributed by atoms with van der Waals surface area (Å²) in [5.74, 6) is -0.841. The number of hydrogen-bond donors (Lipinski definition) is 1. The molecule has 0 bridgehead atoms. The minimum absolute atomic E-state index is 0.414. The standard InChI is InChI=1S/C15H18N2O2S/c1-16-4-6-17(7-5-16)10-11-2-3-12-9-14(15(18)19)20-13(12)8-11/h2-3,8-9H,4-7,10H2,1H3,(H,18,19). The monoisotopic (exact) mass is 290 g/mol. The third kappa shape index (κ3) is 2.85. The van der Waals surface area contributed by atoms with Crippen LogP contribution in [0.3, 0.4) is 0 Å². The molecule has 106 valence electrons. The number of carbonyl (C=O) groups is 1. The number of carboxylic acids is 1. The number of fused-ring (bicyclic) bond motifs is 1. The summed E-state index contributed by atoms with van der Waals surface area (Å²) in [6.45, 7) is 5.37. The predicted octanol–water partition coefficient (Wildman–Crippen LogP) is 2.35. The van der Waals surface area contributed by atoms with E-state index in [2.05, 4.69) is 29.0 Å². The van der Waals surface area contributed by atoms with Crippen LogP contribution in [0, 0.1) is 0 Å². The van der Waals surface area contributed by atoms with Crippen LogP contribution in [0.5, 0.6) is 0 Å². The smallest absolute Gasteiger partial charge is 0.345 e. The lowest BCUT2D eigenvalue weighted by molar-refractivity contribution is 0.0702. The van der Waals surface area contributed by atoms with Gasteiger partial charge in [0, 0.05) is 37.4 Å². The van der Waals surface area contributed by atoms with Gasteiger partial charge in [-0.2, -0.15) is 0 Å². The van der Waals surface area contributed by atoms with Crippen molar-refractivity contribution in [2.45, 2.75) is 6.54 Å².